The molecule has 0 bridgehead atoms. The van der Waals surface area contributed by atoms with Crippen LogP contribution in [0.1, 0.15) is 10.4 Å². The number of aromatic hydroxyl groups is 1. The molecule has 2 atom stereocenters. The predicted octanol–water partition coefficient (Wildman–Crippen LogP) is -0.203. The first kappa shape index (κ1) is 11.9. The number of phenolic OH excluding ortho intramolecular Hbond substituents is 1. The van der Waals surface area contributed by atoms with E-state index < -0.39 is 6.10 Å². The van der Waals surface area contributed by atoms with Crippen molar-refractivity contribution in [1.82, 2.24) is 10.2 Å². The van der Waals surface area contributed by atoms with Crippen LogP contribution < -0.4 is 5.32 Å². The van der Waals surface area contributed by atoms with Crippen LogP contribution >= 0.6 is 0 Å². The number of carbonyl (C=O) groups is 1. The number of amides is 1. The van der Waals surface area contributed by atoms with Gasteiger partial charge in [0.05, 0.1) is 12.1 Å². The van der Waals surface area contributed by atoms with Crippen molar-refractivity contribution < 1.29 is 15.0 Å². The molecule has 92 valence electrons. The maximum atomic E-state index is 12.1. The third-order valence-corrected chi connectivity index (χ3v) is 3.06. The van der Waals surface area contributed by atoms with Gasteiger partial charge in [-0.15, -0.1) is 0 Å². The summed E-state index contributed by atoms with van der Waals surface area (Å²) in [6, 6.07) is 5.99. The number of hydrogen-bond acceptors (Lipinski definition) is 4. The molecule has 1 amide bonds. The van der Waals surface area contributed by atoms with Crippen LogP contribution in [0.3, 0.4) is 0 Å². The second-order valence-corrected chi connectivity index (χ2v) is 4.26. The predicted molar refractivity (Wildman–Crippen MR) is 62.9 cm³/mol. The van der Waals surface area contributed by atoms with Crippen molar-refractivity contribution in [3.8, 4) is 5.75 Å². The van der Waals surface area contributed by atoms with Crippen molar-refractivity contribution in [2.24, 2.45) is 0 Å². The van der Waals surface area contributed by atoms with Crippen molar-refractivity contribution in [3.63, 3.8) is 0 Å². The van der Waals surface area contributed by atoms with E-state index in [4.69, 9.17) is 0 Å². The second kappa shape index (κ2) is 4.73. The summed E-state index contributed by atoms with van der Waals surface area (Å²) < 4.78 is 0. The molecule has 3 N–H and O–H groups in total. The number of nitrogens with one attached hydrogen (secondary N) is 1. The van der Waals surface area contributed by atoms with Crippen LogP contribution in [-0.4, -0.2) is 53.3 Å². The van der Waals surface area contributed by atoms with E-state index >= 15 is 0 Å². The topological polar surface area (TPSA) is 72.8 Å². The molecule has 0 aromatic heterocycles. The van der Waals surface area contributed by atoms with Gasteiger partial charge in [0.1, 0.15) is 5.75 Å². The molecule has 1 aliphatic rings. The SMILES string of the molecule is CN(C(=O)c1cccc(O)c1)[C@@H]1CNC[C@H]1O. The van der Waals surface area contributed by atoms with Gasteiger partial charge in [-0.05, 0) is 18.2 Å². The second-order valence-electron chi connectivity index (χ2n) is 4.26. The molecule has 5 heteroatoms. The number of phenols is 1. The summed E-state index contributed by atoms with van der Waals surface area (Å²) in [4.78, 5) is 13.6. The third-order valence-electron chi connectivity index (χ3n) is 3.06. The lowest BCUT2D eigenvalue weighted by molar-refractivity contribution is 0.0581. The molecule has 0 spiro atoms. The number of carbonyl (C=O) groups excluding carboxylic acids is 1. The molecule has 17 heavy (non-hydrogen) atoms. The van der Waals surface area contributed by atoms with Gasteiger partial charge >= 0.3 is 0 Å². The van der Waals surface area contributed by atoms with E-state index in [1.54, 1.807) is 19.2 Å². The first-order valence-corrected chi connectivity index (χ1v) is 5.54. The lowest BCUT2D eigenvalue weighted by atomic mass is 10.1. The largest absolute Gasteiger partial charge is 0.508 e. The monoisotopic (exact) mass is 236 g/mol. The summed E-state index contributed by atoms with van der Waals surface area (Å²) in [5, 5.41) is 22.1. The molecule has 1 aromatic carbocycles. The molecule has 5 nitrogen and oxygen atoms in total. The highest BCUT2D eigenvalue weighted by Gasteiger charge is 2.31. The molecule has 2 rings (SSSR count). The lowest BCUT2D eigenvalue weighted by Gasteiger charge is -2.26. The van der Waals surface area contributed by atoms with Crippen LogP contribution in [0.4, 0.5) is 0 Å². The zero-order valence-electron chi connectivity index (χ0n) is 9.63. The maximum Gasteiger partial charge on any atom is 0.254 e. The van der Waals surface area contributed by atoms with Crippen LogP contribution in [0.2, 0.25) is 0 Å². The Morgan fingerprint density at radius 2 is 2.24 bits per heavy atom. The van der Waals surface area contributed by atoms with Crippen LogP contribution in [-0.2, 0) is 0 Å². The molecule has 1 aliphatic heterocycles. The van der Waals surface area contributed by atoms with E-state index in [2.05, 4.69) is 5.32 Å². The Morgan fingerprint density at radius 1 is 1.47 bits per heavy atom. The molecule has 0 aliphatic carbocycles. The number of likely N-dealkylation sites (N-methyl/N-ethyl adjacent to an activating group) is 1. The van der Waals surface area contributed by atoms with E-state index in [0.29, 0.717) is 18.7 Å². The van der Waals surface area contributed by atoms with Crippen molar-refractivity contribution in [1.29, 1.82) is 0 Å². The Labute approximate surface area is 99.7 Å². The number of rotatable bonds is 2. The minimum atomic E-state index is -0.541. The van der Waals surface area contributed by atoms with Crippen molar-refractivity contribution in [2.45, 2.75) is 12.1 Å². The van der Waals surface area contributed by atoms with Gasteiger partial charge in [0, 0.05) is 25.7 Å². The highest BCUT2D eigenvalue weighted by molar-refractivity contribution is 5.94. The van der Waals surface area contributed by atoms with E-state index in [9.17, 15) is 15.0 Å². The van der Waals surface area contributed by atoms with E-state index in [-0.39, 0.29) is 17.7 Å². The first-order valence-electron chi connectivity index (χ1n) is 5.54. The van der Waals surface area contributed by atoms with Gasteiger partial charge in [0.15, 0.2) is 0 Å². The molecule has 1 saturated heterocycles. The van der Waals surface area contributed by atoms with Crippen molar-refractivity contribution in [2.75, 3.05) is 20.1 Å². The fourth-order valence-corrected chi connectivity index (χ4v) is 2.04. The van der Waals surface area contributed by atoms with Crippen molar-refractivity contribution >= 4 is 5.91 Å². The molecule has 0 saturated carbocycles. The molecule has 1 heterocycles. The highest BCUT2D eigenvalue weighted by Crippen LogP contribution is 2.15. The van der Waals surface area contributed by atoms with Gasteiger partial charge < -0.3 is 20.4 Å². The van der Waals surface area contributed by atoms with E-state index in [1.165, 1.54) is 17.0 Å². The van der Waals surface area contributed by atoms with Crippen LogP contribution in [0.15, 0.2) is 24.3 Å². The van der Waals surface area contributed by atoms with E-state index in [1.807, 2.05) is 0 Å². The molecule has 1 aromatic rings. The van der Waals surface area contributed by atoms with Gasteiger partial charge in [-0.25, -0.2) is 0 Å². The quantitative estimate of drug-likeness (QED) is 0.665. The Hall–Kier alpha value is -1.59. The van der Waals surface area contributed by atoms with Gasteiger partial charge in [0.2, 0.25) is 0 Å². The van der Waals surface area contributed by atoms with Gasteiger partial charge in [-0.1, -0.05) is 6.07 Å². The number of aliphatic hydroxyl groups excluding tert-OH is 1. The molecular formula is C12H16N2O3. The number of β-amino-alcohol motifs (C(OH)–C–C–N with tert-alkyl or cyclic N) is 1. The summed E-state index contributed by atoms with van der Waals surface area (Å²) in [7, 11) is 1.66. The summed E-state index contributed by atoms with van der Waals surface area (Å²) in [6.45, 7) is 1.09. The summed E-state index contributed by atoms with van der Waals surface area (Å²) in [6.07, 6.45) is -0.541. The van der Waals surface area contributed by atoms with Crippen LogP contribution in [0, 0.1) is 0 Å². The Morgan fingerprint density at radius 3 is 2.82 bits per heavy atom. The fraction of sp³-hybridized carbons (Fsp3) is 0.417. The molecular weight excluding hydrogens is 220 g/mol. The summed E-state index contributed by atoms with van der Waals surface area (Å²) in [5.41, 5.74) is 0.423. The molecule has 1 fully saturated rings. The zero-order valence-corrected chi connectivity index (χ0v) is 9.63. The van der Waals surface area contributed by atoms with Gasteiger partial charge in [-0.2, -0.15) is 0 Å². The zero-order chi connectivity index (χ0) is 12.4. The minimum absolute atomic E-state index is 0.0642. The average molecular weight is 236 g/mol. The Balaban J connectivity index is 2.14. The van der Waals surface area contributed by atoms with Crippen LogP contribution in [0.5, 0.6) is 5.75 Å². The summed E-state index contributed by atoms with van der Waals surface area (Å²) in [5.74, 6) is -0.136. The number of hydrogen-bond donors (Lipinski definition) is 3. The average Bonchev–Trinajstić information content (AvgIpc) is 2.73. The number of benzene rings is 1. The number of nitrogens with zero attached hydrogens (tertiary/aromatic N) is 1. The Bertz CT molecular complexity index is 422. The standard InChI is InChI=1S/C12H16N2O3/c1-14(10-6-13-7-11(10)16)12(17)8-3-2-4-9(15)5-8/h2-5,10-11,13,15-16H,6-7H2,1H3/t10-,11-/m1/s1. The van der Waals surface area contributed by atoms with Crippen molar-refractivity contribution in [3.05, 3.63) is 29.8 Å². The minimum Gasteiger partial charge on any atom is -0.508 e. The maximum absolute atomic E-state index is 12.1. The number of aliphatic hydroxyl groups is 1. The normalized spacial score (nSPS) is 23.6. The van der Waals surface area contributed by atoms with Gasteiger partial charge in [-0.3, -0.25) is 4.79 Å². The highest BCUT2D eigenvalue weighted by atomic mass is 16.3. The van der Waals surface area contributed by atoms with Gasteiger partial charge in [0.25, 0.3) is 5.91 Å². The third kappa shape index (κ3) is 2.40. The van der Waals surface area contributed by atoms with Crippen LogP contribution in [0.25, 0.3) is 0 Å². The first-order chi connectivity index (χ1) is 8.09. The smallest absolute Gasteiger partial charge is 0.254 e. The lowest BCUT2D eigenvalue weighted by Crippen LogP contribution is -2.44. The fourth-order valence-electron chi connectivity index (χ4n) is 2.04. The Kier molecular flexibility index (Phi) is 3.31. The van der Waals surface area contributed by atoms with E-state index in [0.717, 1.165) is 0 Å². The summed E-state index contributed by atoms with van der Waals surface area (Å²) >= 11 is 0. The molecule has 0 radical (unpaired) electrons. The molecule has 0 unspecified atom stereocenters.